The van der Waals surface area contributed by atoms with Gasteiger partial charge in [0, 0.05) is 23.7 Å². The van der Waals surface area contributed by atoms with Crippen LogP contribution in [0.3, 0.4) is 0 Å². The molecule has 0 radical (unpaired) electrons. The van der Waals surface area contributed by atoms with Crippen LogP contribution < -0.4 is 10.5 Å². The molecule has 0 aliphatic carbocycles. The van der Waals surface area contributed by atoms with Gasteiger partial charge in [0.1, 0.15) is 5.75 Å². The number of methoxy groups -OCH3 is 1. The van der Waals surface area contributed by atoms with Crippen molar-refractivity contribution in [1.82, 2.24) is 0 Å². The van der Waals surface area contributed by atoms with Crippen LogP contribution in [0.4, 0.5) is 5.69 Å². The average molecular weight is 179 g/mol. The highest BCUT2D eigenvalue weighted by molar-refractivity contribution is 5.97. The molecule has 0 unspecified atom stereocenters. The number of carbonyl (C=O) groups is 1. The molecule has 0 heterocycles. The summed E-state index contributed by atoms with van der Waals surface area (Å²) in [6.45, 7) is 1.82. The second kappa shape index (κ2) is 3.94. The molecule has 0 saturated carbocycles. The first-order valence-electron chi connectivity index (χ1n) is 4.15. The molecule has 70 valence electrons. The Kier molecular flexibility index (Phi) is 2.90. The average Bonchev–Trinajstić information content (AvgIpc) is 2.15. The summed E-state index contributed by atoms with van der Waals surface area (Å²) in [4.78, 5) is 11.3. The summed E-state index contributed by atoms with van der Waals surface area (Å²) >= 11 is 0. The first kappa shape index (κ1) is 9.58. The number of hydrogen-bond donors (Lipinski definition) is 1. The van der Waals surface area contributed by atoms with E-state index in [1.165, 1.54) is 0 Å². The molecule has 2 N–H and O–H groups in total. The summed E-state index contributed by atoms with van der Waals surface area (Å²) < 4.78 is 5.00. The molecular formula is C10H13NO2. The fourth-order valence-electron chi connectivity index (χ4n) is 1.11. The molecule has 0 amide bonds. The van der Waals surface area contributed by atoms with E-state index in [1.807, 2.05) is 6.92 Å². The van der Waals surface area contributed by atoms with Crippen molar-refractivity contribution in [1.29, 1.82) is 0 Å². The van der Waals surface area contributed by atoms with Gasteiger partial charge >= 0.3 is 0 Å². The molecule has 0 aliphatic heterocycles. The number of carbonyl (C=O) groups excluding carboxylic acids is 1. The van der Waals surface area contributed by atoms with Crippen LogP contribution in [0.15, 0.2) is 18.2 Å². The predicted molar refractivity (Wildman–Crippen MR) is 52.0 cm³/mol. The summed E-state index contributed by atoms with van der Waals surface area (Å²) in [5.74, 6) is 0.697. The minimum Gasteiger partial charge on any atom is -0.497 e. The van der Waals surface area contributed by atoms with E-state index in [0.717, 1.165) is 0 Å². The Hall–Kier alpha value is -1.51. The van der Waals surface area contributed by atoms with E-state index in [0.29, 0.717) is 23.4 Å². The van der Waals surface area contributed by atoms with Crippen molar-refractivity contribution in [2.45, 2.75) is 13.3 Å². The van der Waals surface area contributed by atoms with Crippen LogP contribution in [0.25, 0.3) is 0 Å². The van der Waals surface area contributed by atoms with Crippen LogP contribution in [-0.2, 0) is 0 Å². The Balaban J connectivity index is 3.08. The number of ether oxygens (including phenoxy) is 1. The van der Waals surface area contributed by atoms with Gasteiger partial charge in [-0.25, -0.2) is 0 Å². The van der Waals surface area contributed by atoms with Crippen LogP contribution in [0.5, 0.6) is 5.75 Å². The molecule has 0 saturated heterocycles. The molecule has 1 aromatic rings. The second-order valence-corrected chi connectivity index (χ2v) is 2.77. The highest BCUT2D eigenvalue weighted by atomic mass is 16.5. The van der Waals surface area contributed by atoms with E-state index in [4.69, 9.17) is 10.5 Å². The van der Waals surface area contributed by atoms with Crippen molar-refractivity contribution in [2.75, 3.05) is 12.8 Å². The number of anilines is 1. The normalized spacial score (nSPS) is 9.69. The first-order valence-corrected chi connectivity index (χ1v) is 4.15. The molecule has 0 bridgehead atoms. The van der Waals surface area contributed by atoms with Gasteiger partial charge in [-0.05, 0) is 12.1 Å². The molecule has 1 aromatic carbocycles. The van der Waals surface area contributed by atoms with Gasteiger partial charge < -0.3 is 10.5 Å². The lowest BCUT2D eigenvalue weighted by Crippen LogP contribution is -1.99. The van der Waals surface area contributed by atoms with Crippen molar-refractivity contribution in [3.05, 3.63) is 23.8 Å². The van der Waals surface area contributed by atoms with Crippen LogP contribution in [0.1, 0.15) is 23.7 Å². The highest BCUT2D eigenvalue weighted by Crippen LogP contribution is 2.19. The van der Waals surface area contributed by atoms with E-state index >= 15 is 0 Å². The topological polar surface area (TPSA) is 52.3 Å². The standard InChI is InChI=1S/C10H13NO2/c1-3-10(12)7-4-8(11)6-9(5-7)13-2/h4-6H,3,11H2,1-2H3. The lowest BCUT2D eigenvalue weighted by molar-refractivity contribution is 0.0988. The van der Waals surface area contributed by atoms with E-state index in [2.05, 4.69) is 0 Å². The Bertz CT molecular complexity index is 321. The summed E-state index contributed by atoms with van der Waals surface area (Å²) in [5.41, 5.74) is 6.76. The summed E-state index contributed by atoms with van der Waals surface area (Å²) in [6.07, 6.45) is 0.479. The van der Waals surface area contributed by atoms with Gasteiger partial charge in [-0.3, -0.25) is 4.79 Å². The quantitative estimate of drug-likeness (QED) is 0.569. The summed E-state index contributed by atoms with van der Waals surface area (Å²) in [7, 11) is 1.55. The lowest BCUT2D eigenvalue weighted by atomic mass is 10.1. The van der Waals surface area contributed by atoms with E-state index < -0.39 is 0 Å². The minimum atomic E-state index is 0.0746. The SMILES string of the molecule is CCC(=O)c1cc(N)cc(OC)c1. The van der Waals surface area contributed by atoms with Crippen LogP contribution in [0.2, 0.25) is 0 Å². The van der Waals surface area contributed by atoms with E-state index in [1.54, 1.807) is 25.3 Å². The molecule has 0 spiro atoms. The summed E-state index contributed by atoms with van der Waals surface area (Å²) in [5, 5.41) is 0. The second-order valence-electron chi connectivity index (χ2n) is 2.77. The number of Topliss-reactive ketones (excluding diaryl/α,β-unsaturated/α-hetero) is 1. The molecule has 0 aromatic heterocycles. The Morgan fingerprint density at radius 2 is 2.15 bits per heavy atom. The third-order valence-corrected chi connectivity index (χ3v) is 1.81. The zero-order valence-corrected chi connectivity index (χ0v) is 7.83. The molecule has 3 heteroatoms. The maximum absolute atomic E-state index is 11.3. The Labute approximate surface area is 77.5 Å². The van der Waals surface area contributed by atoms with E-state index in [9.17, 15) is 4.79 Å². The molecule has 3 nitrogen and oxygen atoms in total. The van der Waals surface area contributed by atoms with Crippen molar-refractivity contribution in [2.24, 2.45) is 0 Å². The molecule has 1 rings (SSSR count). The summed E-state index contributed by atoms with van der Waals surface area (Å²) in [6, 6.07) is 5.04. The number of hydrogen-bond acceptors (Lipinski definition) is 3. The van der Waals surface area contributed by atoms with Gasteiger partial charge in [0.05, 0.1) is 7.11 Å². The van der Waals surface area contributed by atoms with Crippen molar-refractivity contribution < 1.29 is 9.53 Å². The Morgan fingerprint density at radius 3 is 2.69 bits per heavy atom. The largest absolute Gasteiger partial charge is 0.497 e. The molecule has 0 aliphatic rings. The van der Waals surface area contributed by atoms with Crippen molar-refractivity contribution in [3.8, 4) is 5.75 Å². The number of rotatable bonds is 3. The van der Waals surface area contributed by atoms with Crippen LogP contribution >= 0.6 is 0 Å². The smallest absolute Gasteiger partial charge is 0.162 e. The van der Waals surface area contributed by atoms with Gasteiger partial charge in [-0.2, -0.15) is 0 Å². The maximum atomic E-state index is 11.3. The van der Waals surface area contributed by atoms with Gasteiger partial charge in [0.15, 0.2) is 5.78 Å². The highest BCUT2D eigenvalue weighted by Gasteiger charge is 2.05. The third-order valence-electron chi connectivity index (χ3n) is 1.81. The number of nitrogen functional groups attached to an aromatic ring is 1. The monoisotopic (exact) mass is 179 g/mol. The fraction of sp³-hybridized carbons (Fsp3) is 0.300. The molecule has 0 fully saturated rings. The first-order chi connectivity index (χ1) is 6.17. The Morgan fingerprint density at radius 1 is 1.46 bits per heavy atom. The van der Waals surface area contributed by atoms with Crippen molar-refractivity contribution >= 4 is 11.5 Å². The zero-order chi connectivity index (χ0) is 9.84. The molecular weight excluding hydrogens is 166 g/mol. The predicted octanol–water partition coefficient (Wildman–Crippen LogP) is 1.87. The number of ketones is 1. The number of benzene rings is 1. The zero-order valence-electron chi connectivity index (χ0n) is 7.83. The van der Waals surface area contributed by atoms with Gasteiger partial charge in [-0.1, -0.05) is 6.92 Å². The lowest BCUT2D eigenvalue weighted by Gasteiger charge is -2.04. The fourth-order valence-corrected chi connectivity index (χ4v) is 1.11. The molecule has 13 heavy (non-hydrogen) atoms. The van der Waals surface area contributed by atoms with Gasteiger partial charge in [0.25, 0.3) is 0 Å². The molecule has 0 atom stereocenters. The third kappa shape index (κ3) is 2.21. The van der Waals surface area contributed by atoms with Crippen LogP contribution in [0, 0.1) is 0 Å². The van der Waals surface area contributed by atoms with Crippen molar-refractivity contribution in [3.63, 3.8) is 0 Å². The van der Waals surface area contributed by atoms with Crippen LogP contribution in [-0.4, -0.2) is 12.9 Å². The maximum Gasteiger partial charge on any atom is 0.162 e. The van der Waals surface area contributed by atoms with Gasteiger partial charge in [0.2, 0.25) is 0 Å². The van der Waals surface area contributed by atoms with E-state index in [-0.39, 0.29) is 5.78 Å². The number of nitrogens with two attached hydrogens (primary N) is 1. The minimum absolute atomic E-state index is 0.0746. The van der Waals surface area contributed by atoms with Gasteiger partial charge in [-0.15, -0.1) is 0 Å².